The zero-order chi connectivity index (χ0) is 12.4. The first-order chi connectivity index (χ1) is 8.08. The zero-order valence-corrected chi connectivity index (χ0v) is 10.2. The number of hydrogen-bond donors (Lipinski definition) is 0. The van der Waals surface area contributed by atoms with E-state index in [0.717, 1.165) is 5.69 Å². The van der Waals surface area contributed by atoms with Crippen LogP contribution in [-0.2, 0) is 0 Å². The lowest BCUT2D eigenvalue weighted by molar-refractivity contribution is 0.0988. The fourth-order valence-electron chi connectivity index (χ4n) is 1.59. The second-order valence-electron chi connectivity index (χ2n) is 4.09. The molecule has 0 fully saturated rings. The Morgan fingerprint density at radius 1 is 1.12 bits per heavy atom. The van der Waals surface area contributed by atoms with Crippen molar-refractivity contribution in [2.45, 2.75) is 13.8 Å². The number of furan rings is 1. The van der Waals surface area contributed by atoms with E-state index < -0.39 is 0 Å². The van der Waals surface area contributed by atoms with Crippen LogP contribution in [0.3, 0.4) is 0 Å². The van der Waals surface area contributed by atoms with Gasteiger partial charge in [-0.3, -0.25) is 4.79 Å². The Kier molecular flexibility index (Phi) is 3.00. The summed E-state index contributed by atoms with van der Waals surface area (Å²) >= 11 is 0. The van der Waals surface area contributed by atoms with E-state index in [1.54, 1.807) is 12.1 Å². The molecule has 0 amide bonds. The summed E-state index contributed by atoms with van der Waals surface area (Å²) < 4.78 is 5.47. The number of carbonyl (C=O) groups excluding carboxylic acids is 1. The average molecular weight is 229 g/mol. The summed E-state index contributed by atoms with van der Waals surface area (Å²) in [4.78, 5) is 13.1. The van der Waals surface area contributed by atoms with Gasteiger partial charge >= 0.3 is 0 Å². The first-order valence-electron chi connectivity index (χ1n) is 5.49. The SMILES string of the molecule is CC(=O)c1ccc(N(C)c2ccc(C)cc2)o1. The molecular formula is C14H15NO2. The van der Waals surface area contributed by atoms with Crippen molar-refractivity contribution < 1.29 is 9.21 Å². The predicted octanol–water partition coefficient (Wildman–Crippen LogP) is 3.56. The van der Waals surface area contributed by atoms with E-state index in [4.69, 9.17) is 4.42 Å². The van der Waals surface area contributed by atoms with Gasteiger partial charge in [0.15, 0.2) is 17.4 Å². The Hall–Kier alpha value is -2.03. The number of carbonyl (C=O) groups is 1. The lowest BCUT2D eigenvalue weighted by atomic mass is 10.2. The highest BCUT2D eigenvalue weighted by atomic mass is 16.4. The molecule has 0 aliphatic carbocycles. The molecule has 0 unspecified atom stereocenters. The molecule has 0 aliphatic rings. The lowest BCUT2D eigenvalue weighted by Crippen LogP contribution is -2.08. The Balaban J connectivity index is 2.27. The number of benzene rings is 1. The third-order valence-corrected chi connectivity index (χ3v) is 2.69. The number of nitrogens with zero attached hydrogens (tertiary/aromatic N) is 1. The van der Waals surface area contributed by atoms with Crippen LogP contribution in [0.1, 0.15) is 23.0 Å². The summed E-state index contributed by atoms with van der Waals surface area (Å²) in [7, 11) is 1.91. The second-order valence-corrected chi connectivity index (χ2v) is 4.09. The number of Topliss-reactive ketones (excluding diaryl/α,β-unsaturated/α-hetero) is 1. The van der Waals surface area contributed by atoms with Crippen molar-refractivity contribution in [2.24, 2.45) is 0 Å². The number of ketones is 1. The van der Waals surface area contributed by atoms with E-state index in [1.165, 1.54) is 12.5 Å². The van der Waals surface area contributed by atoms with Gasteiger partial charge < -0.3 is 9.32 Å². The molecule has 1 aromatic heterocycles. The Bertz CT molecular complexity index is 525. The fourth-order valence-corrected chi connectivity index (χ4v) is 1.59. The molecule has 17 heavy (non-hydrogen) atoms. The Morgan fingerprint density at radius 3 is 2.29 bits per heavy atom. The van der Waals surface area contributed by atoms with Crippen molar-refractivity contribution in [2.75, 3.05) is 11.9 Å². The van der Waals surface area contributed by atoms with Gasteiger partial charge in [-0.1, -0.05) is 17.7 Å². The van der Waals surface area contributed by atoms with Crippen LogP contribution in [-0.4, -0.2) is 12.8 Å². The highest BCUT2D eigenvalue weighted by Gasteiger charge is 2.10. The van der Waals surface area contributed by atoms with Crippen LogP contribution in [0.25, 0.3) is 0 Å². The molecule has 0 spiro atoms. The molecular weight excluding hydrogens is 214 g/mol. The van der Waals surface area contributed by atoms with Gasteiger partial charge in [-0.05, 0) is 25.1 Å². The van der Waals surface area contributed by atoms with Crippen LogP contribution in [0.15, 0.2) is 40.8 Å². The van der Waals surface area contributed by atoms with Crippen LogP contribution in [0.2, 0.25) is 0 Å². The molecule has 0 radical (unpaired) electrons. The Morgan fingerprint density at radius 2 is 1.76 bits per heavy atom. The van der Waals surface area contributed by atoms with E-state index >= 15 is 0 Å². The van der Waals surface area contributed by atoms with Crippen molar-refractivity contribution in [1.29, 1.82) is 0 Å². The van der Waals surface area contributed by atoms with Crippen molar-refractivity contribution in [3.05, 3.63) is 47.7 Å². The molecule has 3 nitrogen and oxygen atoms in total. The van der Waals surface area contributed by atoms with Gasteiger partial charge in [0.2, 0.25) is 0 Å². The van der Waals surface area contributed by atoms with Gasteiger partial charge in [0.1, 0.15) is 0 Å². The van der Waals surface area contributed by atoms with Crippen LogP contribution in [0.4, 0.5) is 11.6 Å². The summed E-state index contributed by atoms with van der Waals surface area (Å²) in [5, 5.41) is 0. The van der Waals surface area contributed by atoms with Crippen LogP contribution >= 0.6 is 0 Å². The molecule has 0 N–H and O–H groups in total. The average Bonchev–Trinajstić information content (AvgIpc) is 2.78. The number of rotatable bonds is 3. The van der Waals surface area contributed by atoms with Gasteiger partial charge in [-0.15, -0.1) is 0 Å². The summed E-state index contributed by atoms with van der Waals surface area (Å²) in [6.07, 6.45) is 0. The van der Waals surface area contributed by atoms with E-state index in [1.807, 2.05) is 43.1 Å². The molecule has 0 saturated carbocycles. The molecule has 2 aromatic rings. The van der Waals surface area contributed by atoms with Crippen molar-refractivity contribution in [3.63, 3.8) is 0 Å². The van der Waals surface area contributed by atoms with Crippen LogP contribution in [0.5, 0.6) is 0 Å². The van der Waals surface area contributed by atoms with Crippen molar-refractivity contribution in [3.8, 4) is 0 Å². The van der Waals surface area contributed by atoms with Crippen LogP contribution in [0, 0.1) is 6.92 Å². The predicted molar refractivity (Wildman–Crippen MR) is 68.0 cm³/mol. The van der Waals surface area contributed by atoms with Gasteiger partial charge in [-0.25, -0.2) is 0 Å². The summed E-state index contributed by atoms with van der Waals surface area (Å²) in [6.45, 7) is 3.54. The minimum atomic E-state index is -0.0615. The Labute approximate surface area is 101 Å². The van der Waals surface area contributed by atoms with E-state index in [9.17, 15) is 4.79 Å². The van der Waals surface area contributed by atoms with E-state index in [0.29, 0.717) is 11.6 Å². The number of aryl methyl sites for hydroxylation is 1. The third kappa shape index (κ3) is 2.38. The molecule has 2 rings (SSSR count). The van der Waals surface area contributed by atoms with E-state index in [2.05, 4.69) is 0 Å². The van der Waals surface area contributed by atoms with Gasteiger partial charge in [0.25, 0.3) is 0 Å². The maximum absolute atomic E-state index is 11.2. The van der Waals surface area contributed by atoms with Crippen molar-refractivity contribution in [1.82, 2.24) is 0 Å². The highest BCUT2D eigenvalue weighted by Crippen LogP contribution is 2.25. The molecule has 0 atom stereocenters. The summed E-state index contributed by atoms with van der Waals surface area (Å²) in [5.74, 6) is 0.992. The van der Waals surface area contributed by atoms with Gasteiger partial charge in [-0.2, -0.15) is 0 Å². The smallest absolute Gasteiger partial charge is 0.200 e. The molecule has 0 aliphatic heterocycles. The topological polar surface area (TPSA) is 33.5 Å². The summed E-state index contributed by atoms with van der Waals surface area (Å²) in [6, 6.07) is 11.6. The first-order valence-corrected chi connectivity index (χ1v) is 5.49. The maximum atomic E-state index is 11.2. The van der Waals surface area contributed by atoms with Gasteiger partial charge in [0.05, 0.1) is 0 Å². The molecule has 0 saturated heterocycles. The first kappa shape index (κ1) is 11.5. The summed E-state index contributed by atoms with van der Waals surface area (Å²) in [5.41, 5.74) is 2.24. The van der Waals surface area contributed by atoms with Crippen LogP contribution < -0.4 is 4.90 Å². The van der Waals surface area contributed by atoms with Crippen molar-refractivity contribution >= 4 is 17.4 Å². The second kappa shape index (κ2) is 4.45. The van der Waals surface area contributed by atoms with Gasteiger partial charge in [0, 0.05) is 25.7 Å². The lowest BCUT2D eigenvalue weighted by Gasteiger charge is -2.16. The maximum Gasteiger partial charge on any atom is 0.200 e. The molecule has 0 bridgehead atoms. The monoisotopic (exact) mass is 229 g/mol. The molecule has 3 heteroatoms. The largest absolute Gasteiger partial charge is 0.437 e. The zero-order valence-electron chi connectivity index (χ0n) is 10.2. The standard InChI is InChI=1S/C14H15NO2/c1-10-4-6-12(7-5-10)15(3)14-9-8-13(17-14)11(2)16/h4-9H,1-3H3. The number of anilines is 2. The van der Waals surface area contributed by atoms with E-state index in [-0.39, 0.29) is 5.78 Å². The minimum Gasteiger partial charge on any atom is -0.437 e. The normalized spacial score (nSPS) is 10.3. The molecule has 88 valence electrons. The number of hydrogen-bond acceptors (Lipinski definition) is 3. The molecule has 1 aromatic carbocycles. The quantitative estimate of drug-likeness (QED) is 0.754. The molecule has 1 heterocycles. The fraction of sp³-hybridized carbons (Fsp3) is 0.214. The highest BCUT2D eigenvalue weighted by molar-refractivity contribution is 5.91. The third-order valence-electron chi connectivity index (χ3n) is 2.69. The minimum absolute atomic E-state index is 0.0615.